The van der Waals surface area contributed by atoms with Crippen LogP contribution >= 0.6 is 0 Å². The highest BCUT2D eigenvalue weighted by Gasteiger charge is 2.36. The Hall–Kier alpha value is -1.30. The Bertz CT molecular complexity index is 725. The lowest BCUT2D eigenvalue weighted by atomic mass is 9.99. The normalized spacial score (nSPS) is 12.8. The Labute approximate surface area is 151 Å². The lowest BCUT2D eigenvalue weighted by molar-refractivity contribution is 0.273. The van der Waals surface area contributed by atoms with Crippen molar-refractivity contribution in [2.75, 3.05) is 6.61 Å². The summed E-state index contributed by atoms with van der Waals surface area (Å²) < 4.78 is 19.6. The third-order valence-electron chi connectivity index (χ3n) is 5.29. The molecule has 0 unspecified atom stereocenters. The zero-order valence-electron chi connectivity index (χ0n) is 16.0. The molecule has 0 spiro atoms. The van der Waals surface area contributed by atoms with E-state index in [0.717, 1.165) is 42.2 Å². The van der Waals surface area contributed by atoms with Crippen molar-refractivity contribution in [3.8, 4) is 0 Å². The number of aromatic nitrogens is 1. The first-order valence-corrected chi connectivity index (χ1v) is 11.9. The second-order valence-electron chi connectivity index (χ2n) is 8.14. The molecule has 0 aliphatic rings. The summed E-state index contributed by atoms with van der Waals surface area (Å²) in [6, 6.07) is 4.74. The van der Waals surface area contributed by atoms with Crippen LogP contribution in [0, 0.1) is 5.82 Å². The first-order chi connectivity index (χ1) is 11.7. The summed E-state index contributed by atoms with van der Waals surface area (Å²) >= 11 is 0. The van der Waals surface area contributed by atoms with Crippen LogP contribution in [-0.4, -0.2) is 25.0 Å². The van der Waals surface area contributed by atoms with Gasteiger partial charge in [0.05, 0.1) is 12.3 Å². The van der Waals surface area contributed by atoms with Crippen LogP contribution in [0.25, 0.3) is 10.8 Å². The van der Waals surface area contributed by atoms with E-state index in [1.807, 2.05) is 0 Å². The smallest absolute Gasteiger partial charge is 0.191 e. The molecule has 0 amide bonds. The quantitative estimate of drug-likeness (QED) is 0.542. The van der Waals surface area contributed by atoms with Gasteiger partial charge in [-0.2, -0.15) is 0 Å². The Morgan fingerprint density at radius 1 is 1.20 bits per heavy atom. The molecular weight excluding hydrogens is 333 g/mol. The van der Waals surface area contributed by atoms with Crippen molar-refractivity contribution in [3.63, 3.8) is 0 Å². The van der Waals surface area contributed by atoms with Crippen molar-refractivity contribution >= 4 is 19.1 Å². The summed E-state index contributed by atoms with van der Waals surface area (Å²) in [5.74, 6) is -0.264. The molecule has 138 valence electrons. The maximum atomic E-state index is 13.4. The molecule has 5 heteroatoms. The molecule has 0 radical (unpaired) electrons. The second kappa shape index (κ2) is 7.93. The molecule has 0 atom stereocenters. The molecule has 1 N–H and O–H groups in total. The molecule has 25 heavy (non-hydrogen) atoms. The van der Waals surface area contributed by atoms with Crippen molar-refractivity contribution < 1.29 is 13.9 Å². The minimum Gasteiger partial charge on any atom is -0.417 e. The number of hydrogen-bond acceptors (Lipinski definition) is 3. The zero-order chi connectivity index (χ0) is 18.7. The largest absolute Gasteiger partial charge is 0.417 e. The highest BCUT2D eigenvalue weighted by molar-refractivity contribution is 6.74. The SMILES string of the molecule is CC(C)(C)[Si](C)(C)OCCCCc1c(CO)ncc2cc(F)ccc12. The number of nitrogens with zero attached hydrogens (tertiary/aromatic N) is 1. The molecule has 0 saturated carbocycles. The van der Waals surface area contributed by atoms with Crippen LogP contribution in [0.4, 0.5) is 4.39 Å². The van der Waals surface area contributed by atoms with Gasteiger partial charge in [-0.1, -0.05) is 26.8 Å². The Morgan fingerprint density at radius 2 is 1.92 bits per heavy atom. The lowest BCUT2D eigenvalue weighted by Gasteiger charge is -2.36. The fourth-order valence-electron chi connectivity index (χ4n) is 2.66. The predicted octanol–water partition coefficient (Wildman–Crippen LogP) is 5.21. The van der Waals surface area contributed by atoms with Crippen LogP contribution in [0.2, 0.25) is 18.1 Å². The van der Waals surface area contributed by atoms with Gasteiger partial charge in [0.2, 0.25) is 0 Å². The van der Waals surface area contributed by atoms with Crippen molar-refractivity contribution in [1.82, 2.24) is 4.98 Å². The average Bonchev–Trinajstić information content (AvgIpc) is 2.53. The molecule has 2 rings (SSSR count). The van der Waals surface area contributed by atoms with Crippen molar-refractivity contribution in [2.24, 2.45) is 0 Å². The molecule has 1 aromatic carbocycles. The molecule has 0 bridgehead atoms. The monoisotopic (exact) mass is 363 g/mol. The third kappa shape index (κ3) is 4.87. The summed E-state index contributed by atoms with van der Waals surface area (Å²) in [4.78, 5) is 4.30. The lowest BCUT2D eigenvalue weighted by Crippen LogP contribution is -2.40. The van der Waals surface area contributed by atoms with E-state index in [4.69, 9.17) is 4.43 Å². The minimum atomic E-state index is -1.70. The number of fused-ring (bicyclic) bond motifs is 1. The number of pyridine rings is 1. The third-order valence-corrected chi connectivity index (χ3v) is 9.82. The number of benzene rings is 1. The van der Waals surface area contributed by atoms with Gasteiger partial charge in [-0.05, 0) is 60.5 Å². The van der Waals surface area contributed by atoms with Crippen molar-refractivity contribution in [3.05, 3.63) is 41.5 Å². The summed E-state index contributed by atoms with van der Waals surface area (Å²) in [5, 5.41) is 11.6. The van der Waals surface area contributed by atoms with E-state index in [9.17, 15) is 9.50 Å². The van der Waals surface area contributed by atoms with Crippen molar-refractivity contribution in [2.45, 2.75) is 64.8 Å². The summed E-state index contributed by atoms with van der Waals surface area (Å²) in [6.07, 6.45) is 4.37. The number of hydrogen-bond donors (Lipinski definition) is 1. The van der Waals surface area contributed by atoms with E-state index < -0.39 is 8.32 Å². The van der Waals surface area contributed by atoms with Gasteiger partial charge in [-0.25, -0.2) is 4.39 Å². The maximum Gasteiger partial charge on any atom is 0.191 e. The van der Waals surface area contributed by atoms with Crippen LogP contribution < -0.4 is 0 Å². The van der Waals surface area contributed by atoms with E-state index in [-0.39, 0.29) is 17.5 Å². The van der Waals surface area contributed by atoms with Gasteiger partial charge in [-0.15, -0.1) is 0 Å². The van der Waals surface area contributed by atoms with Crippen molar-refractivity contribution in [1.29, 1.82) is 0 Å². The molecule has 0 aliphatic carbocycles. The van der Waals surface area contributed by atoms with E-state index in [1.54, 1.807) is 12.3 Å². The molecule has 0 aliphatic heterocycles. The fourth-order valence-corrected chi connectivity index (χ4v) is 3.75. The van der Waals surface area contributed by atoms with Gasteiger partial charge >= 0.3 is 0 Å². The van der Waals surface area contributed by atoms with Crippen LogP contribution in [0.15, 0.2) is 24.4 Å². The molecule has 3 nitrogen and oxygen atoms in total. The molecule has 1 aromatic heterocycles. The van der Waals surface area contributed by atoms with Gasteiger partial charge in [-0.3, -0.25) is 4.98 Å². The van der Waals surface area contributed by atoms with Crippen LogP contribution in [0.5, 0.6) is 0 Å². The summed E-state index contributed by atoms with van der Waals surface area (Å²) in [5.41, 5.74) is 1.71. The first-order valence-electron chi connectivity index (χ1n) is 8.96. The predicted molar refractivity (Wildman–Crippen MR) is 104 cm³/mol. The van der Waals surface area contributed by atoms with E-state index in [1.165, 1.54) is 12.1 Å². The molecule has 2 aromatic rings. The second-order valence-corrected chi connectivity index (χ2v) is 12.9. The standard InChI is InChI=1S/C20H30FNO2Si/c1-20(2,3)25(4,5)24-11-7-6-8-18-17-10-9-16(21)12-15(17)13-22-19(18)14-23/h9-10,12-13,23H,6-8,11,14H2,1-5H3. The summed E-state index contributed by atoms with van der Waals surface area (Å²) in [7, 11) is -1.70. The molecular formula is C20H30FNO2Si. The van der Waals surface area contributed by atoms with Gasteiger partial charge < -0.3 is 9.53 Å². The van der Waals surface area contributed by atoms with Gasteiger partial charge in [0.25, 0.3) is 0 Å². The Kier molecular flexibility index (Phi) is 6.35. The topological polar surface area (TPSA) is 42.4 Å². The van der Waals surface area contributed by atoms with E-state index >= 15 is 0 Å². The first kappa shape index (κ1) is 20.0. The maximum absolute atomic E-state index is 13.4. The summed E-state index contributed by atoms with van der Waals surface area (Å²) in [6.45, 7) is 11.9. The highest BCUT2D eigenvalue weighted by atomic mass is 28.4. The number of unbranched alkanes of at least 4 members (excludes halogenated alkanes) is 1. The Morgan fingerprint density at radius 3 is 2.56 bits per heavy atom. The van der Waals surface area contributed by atoms with Crippen LogP contribution in [-0.2, 0) is 17.5 Å². The average molecular weight is 364 g/mol. The Balaban J connectivity index is 2.01. The molecule has 0 saturated heterocycles. The number of rotatable bonds is 7. The van der Waals surface area contributed by atoms with Crippen LogP contribution in [0.3, 0.4) is 0 Å². The highest BCUT2D eigenvalue weighted by Crippen LogP contribution is 2.36. The minimum absolute atomic E-state index is 0.0941. The van der Waals surface area contributed by atoms with Gasteiger partial charge in [0.15, 0.2) is 8.32 Å². The molecule has 1 heterocycles. The number of aryl methyl sites for hydroxylation is 1. The van der Waals surface area contributed by atoms with E-state index in [2.05, 4.69) is 38.8 Å². The fraction of sp³-hybridized carbons (Fsp3) is 0.550. The van der Waals surface area contributed by atoms with Gasteiger partial charge in [0, 0.05) is 18.2 Å². The number of aliphatic hydroxyl groups is 1. The van der Waals surface area contributed by atoms with E-state index in [0.29, 0.717) is 5.69 Å². The number of halogens is 1. The molecule has 0 fully saturated rings. The zero-order valence-corrected chi connectivity index (χ0v) is 17.0. The number of aliphatic hydroxyl groups excluding tert-OH is 1. The van der Waals surface area contributed by atoms with Crippen LogP contribution in [0.1, 0.15) is 44.9 Å². The van der Waals surface area contributed by atoms with Gasteiger partial charge in [0.1, 0.15) is 5.82 Å².